The van der Waals surface area contributed by atoms with Crippen LogP contribution in [0.15, 0.2) is 22.7 Å². The largest absolute Gasteiger partial charge is 0.452 e. The van der Waals surface area contributed by atoms with Crippen molar-refractivity contribution >= 4 is 27.8 Å². The maximum Gasteiger partial charge on any atom is 0.339 e. The van der Waals surface area contributed by atoms with Crippen molar-refractivity contribution in [1.82, 2.24) is 5.32 Å². The molecular formula is C14H17BrFNO3. The Hall–Kier alpha value is -1.43. The minimum atomic E-state index is -0.670. The topological polar surface area (TPSA) is 55.4 Å². The molecule has 20 heavy (non-hydrogen) atoms. The summed E-state index contributed by atoms with van der Waals surface area (Å²) in [5.41, 5.74) is 0.182. The Kier molecular flexibility index (Phi) is 6.64. The van der Waals surface area contributed by atoms with Gasteiger partial charge in [0, 0.05) is 10.5 Å². The van der Waals surface area contributed by atoms with Crippen molar-refractivity contribution in [2.45, 2.75) is 32.7 Å². The average Bonchev–Trinajstić information content (AvgIpc) is 2.42. The van der Waals surface area contributed by atoms with Gasteiger partial charge in [0.05, 0.1) is 5.56 Å². The first-order valence-electron chi connectivity index (χ1n) is 6.39. The van der Waals surface area contributed by atoms with E-state index in [1.54, 1.807) is 0 Å². The molecular weight excluding hydrogens is 329 g/mol. The van der Waals surface area contributed by atoms with E-state index < -0.39 is 11.8 Å². The van der Waals surface area contributed by atoms with Crippen molar-refractivity contribution in [2.75, 3.05) is 6.61 Å². The van der Waals surface area contributed by atoms with Crippen LogP contribution < -0.4 is 5.32 Å². The molecule has 0 aromatic heterocycles. The van der Waals surface area contributed by atoms with Crippen molar-refractivity contribution in [2.24, 2.45) is 0 Å². The molecule has 0 heterocycles. The molecule has 1 aromatic carbocycles. The Labute approximate surface area is 125 Å². The van der Waals surface area contributed by atoms with Gasteiger partial charge in [-0.2, -0.15) is 0 Å². The summed E-state index contributed by atoms with van der Waals surface area (Å²) in [5.74, 6) is -1.47. The molecule has 6 heteroatoms. The highest BCUT2D eigenvalue weighted by molar-refractivity contribution is 9.10. The first-order chi connectivity index (χ1) is 9.47. The molecule has 0 radical (unpaired) electrons. The summed E-state index contributed by atoms with van der Waals surface area (Å²) in [4.78, 5) is 23.3. The molecule has 0 atom stereocenters. The Morgan fingerprint density at radius 2 is 2.00 bits per heavy atom. The van der Waals surface area contributed by atoms with Crippen LogP contribution in [0.3, 0.4) is 0 Å². The zero-order chi connectivity index (χ0) is 15.1. The normalized spacial score (nSPS) is 10.4. The van der Waals surface area contributed by atoms with Crippen LogP contribution in [-0.2, 0) is 9.53 Å². The van der Waals surface area contributed by atoms with Gasteiger partial charge < -0.3 is 10.1 Å². The number of ether oxygens (including phenoxy) is 1. The van der Waals surface area contributed by atoms with Crippen LogP contribution in [0, 0.1) is 5.82 Å². The molecule has 0 spiro atoms. The van der Waals surface area contributed by atoms with E-state index in [4.69, 9.17) is 4.74 Å². The minimum absolute atomic E-state index is 0.0822. The fourth-order valence-electron chi connectivity index (χ4n) is 1.63. The van der Waals surface area contributed by atoms with Gasteiger partial charge in [-0.15, -0.1) is 0 Å². The minimum Gasteiger partial charge on any atom is -0.452 e. The van der Waals surface area contributed by atoms with Crippen LogP contribution in [-0.4, -0.2) is 24.5 Å². The molecule has 0 aliphatic carbocycles. The van der Waals surface area contributed by atoms with E-state index in [-0.39, 0.29) is 24.1 Å². The molecule has 4 nitrogen and oxygen atoms in total. The monoisotopic (exact) mass is 345 g/mol. The third-order valence-corrected chi connectivity index (χ3v) is 3.49. The van der Waals surface area contributed by atoms with Gasteiger partial charge in [-0.25, -0.2) is 9.18 Å². The van der Waals surface area contributed by atoms with Gasteiger partial charge >= 0.3 is 5.97 Å². The Balaban J connectivity index is 2.53. The predicted molar refractivity (Wildman–Crippen MR) is 76.9 cm³/mol. The zero-order valence-electron chi connectivity index (χ0n) is 11.4. The number of carbonyl (C=O) groups excluding carboxylic acids is 2. The molecule has 0 aliphatic rings. The fourth-order valence-corrected chi connectivity index (χ4v) is 2.14. The second kappa shape index (κ2) is 7.99. The Morgan fingerprint density at radius 3 is 2.55 bits per heavy atom. The fraction of sp³-hybridized carbons (Fsp3) is 0.429. The highest BCUT2D eigenvalue weighted by atomic mass is 79.9. The number of nitrogens with one attached hydrogen (secondary N) is 1. The van der Waals surface area contributed by atoms with Crippen molar-refractivity contribution < 1.29 is 18.7 Å². The summed E-state index contributed by atoms with van der Waals surface area (Å²) in [6, 6.07) is 3.71. The second-order valence-corrected chi connectivity index (χ2v) is 5.14. The molecule has 0 aliphatic heterocycles. The highest BCUT2D eigenvalue weighted by Crippen LogP contribution is 2.18. The molecule has 110 valence electrons. The molecule has 0 saturated carbocycles. The first kappa shape index (κ1) is 16.6. The van der Waals surface area contributed by atoms with Crippen LogP contribution in [0.4, 0.5) is 4.39 Å². The highest BCUT2D eigenvalue weighted by Gasteiger charge is 2.15. The quantitative estimate of drug-likeness (QED) is 0.806. The molecule has 0 bridgehead atoms. The SMILES string of the molecule is CCC(CC)NC(=O)COC(=O)c1ccc(F)cc1Br. The third kappa shape index (κ3) is 4.92. The predicted octanol–water partition coefficient (Wildman–Crippen LogP) is 3.05. The van der Waals surface area contributed by atoms with E-state index in [1.807, 2.05) is 13.8 Å². The van der Waals surface area contributed by atoms with E-state index >= 15 is 0 Å². The number of benzene rings is 1. The molecule has 1 amide bonds. The Morgan fingerprint density at radius 1 is 1.35 bits per heavy atom. The average molecular weight is 346 g/mol. The Bertz CT molecular complexity index is 489. The lowest BCUT2D eigenvalue weighted by molar-refractivity contribution is -0.125. The maximum absolute atomic E-state index is 12.9. The first-order valence-corrected chi connectivity index (χ1v) is 7.18. The maximum atomic E-state index is 12.9. The van der Waals surface area contributed by atoms with Crippen LogP contribution in [0.5, 0.6) is 0 Å². The zero-order valence-corrected chi connectivity index (χ0v) is 13.0. The van der Waals surface area contributed by atoms with Crippen molar-refractivity contribution in [3.05, 3.63) is 34.1 Å². The van der Waals surface area contributed by atoms with Crippen molar-refractivity contribution in [3.63, 3.8) is 0 Å². The molecule has 1 N–H and O–H groups in total. The van der Waals surface area contributed by atoms with E-state index in [1.165, 1.54) is 12.1 Å². The third-order valence-electron chi connectivity index (χ3n) is 2.84. The smallest absolute Gasteiger partial charge is 0.339 e. The van der Waals surface area contributed by atoms with Crippen LogP contribution in [0.1, 0.15) is 37.0 Å². The summed E-state index contributed by atoms with van der Waals surface area (Å²) < 4.78 is 18.1. The van der Waals surface area contributed by atoms with Crippen molar-refractivity contribution in [3.8, 4) is 0 Å². The molecule has 0 unspecified atom stereocenters. The molecule has 0 saturated heterocycles. The number of rotatable bonds is 6. The molecule has 1 aromatic rings. The van der Waals surface area contributed by atoms with E-state index in [9.17, 15) is 14.0 Å². The summed E-state index contributed by atoms with van der Waals surface area (Å²) >= 11 is 3.08. The van der Waals surface area contributed by atoms with Gasteiger partial charge in [0.2, 0.25) is 0 Å². The van der Waals surface area contributed by atoms with E-state index in [0.29, 0.717) is 4.47 Å². The van der Waals surface area contributed by atoms with Gasteiger partial charge in [0.1, 0.15) is 5.82 Å². The summed E-state index contributed by atoms with van der Waals surface area (Å²) in [5, 5.41) is 2.76. The summed E-state index contributed by atoms with van der Waals surface area (Å²) in [6.45, 7) is 3.59. The standard InChI is InChI=1S/C14H17BrFNO3/c1-3-10(4-2)17-13(18)8-20-14(19)11-6-5-9(16)7-12(11)15/h5-7,10H,3-4,8H2,1-2H3,(H,17,18). The molecule has 0 fully saturated rings. The van der Waals surface area contributed by atoms with Gasteiger partial charge in [-0.05, 0) is 47.0 Å². The number of hydrogen-bond acceptors (Lipinski definition) is 3. The van der Waals surface area contributed by atoms with Crippen LogP contribution in [0.2, 0.25) is 0 Å². The number of hydrogen-bond donors (Lipinski definition) is 1. The number of halogens is 2. The number of carbonyl (C=O) groups is 2. The van der Waals surface area contributed by atoms with Crippen LogP contribution in [0.25, 0.3) is 0 Å². The van der Waals surface area contributed by atoms with Crippen molar-refractivity contribution in [1.29, 1.82) is 0 Å². The molecule has 1 rings (SSSR count). The lowest BCUT2D eigenvalue weighted by Gasteiger charge is -2.14. The number of esters is 1. The second-order valence-electron chi connectivity index (χ2n) is 4.28. The van der Waals surface area contributed by atoms with Gasteiger partial charge in [-0.1, -0.05) is 13.8 Å². The van der Waals surface area contributed by atoms with E-state index in [2.05, 4.69) is 21.2 Å². The summed E-state index contributed by atoms with van der Waals surface area (Å²) in [7, 11) is 0. The van der Waals surface area contributed by atoms with Gasteiger partial charge in [-0.3, -0.25) is 4.79 Å². The lowest BCUT2D eigenvalue weighted by atomic mass is 10.2. The van der Waals surface area contributed by atoms with E-state index in [0.717, 1.165) is 18.9 Å². The number of amides is 1. The van der Waals surface area contributed by atoms with Gasteiger partial charge in [0.25, 0.3) is 5.91 Å². The summed E-state index contributed by atoms with van der Waals surface area (Å²) in [6.07, 6.45) is 1.64. The lowest BCUT2D eigenvalue weighted by Crippen LogP contribution is -2.36. The van der Waals surface area contributed by atoms with Gasteiger partial charge in [0.15, 0.2) is 6.61 Å². The van der Waals surface area contributed by atoms with Crippen LogP contribution >= 0.6 is 15.9 Å².